The van der Waals surface area contributed by atoms with E-state index >= 15 is 0 Å². The second-order valence-electron chi connectivity index (χ2n) is 9.09. The van der Waals surface area contributed by atoms with Crippen LogP contribution in [0, 0.1) is 12.8 Å². The van der Waals surface area contributed by atoms with Crippen LogP contribution in [0.2, 0.25) is 0 Å². The average molecular weight is 396 g/mol. The molecule has 2 N–H and O–H groups in total. The molecule has 0 spiro atoms. The first kappa shape index (κ1) is 19.0. The van der Waals surface area contributed by atoms with Crippen LogP contribution in [0.5, 0.6) is 0 Å². The van der Waals surface area contributed by atoms with E-state index in [1.54, 1.807) is 0 Å². The second-order valence-corrected chi connectivity index (χ2v) is 9.09. The fraction of sp³-hybridized carbons (Fsp3) is 0.333. The molecule has 1 unspecified atom stereocenters. The lowest BCUT2D eigenvalue weighted by Gasteiger charge is -2.14. The number of fused-ring (bicyclic) bond motifs is 3. The Morgan fingerprint density at radius 1 is 1.00 bits per heavy atom. The maximum atomic E-state index is 6.29. The van der Waals surface area contributed by atoms with Gasteiger partial charge >= 0.3 is 0 Å². The third-order valence-corrected chi connectivity index (χ3v) is 6.51. The molecule has 1 saturated carbocycles. The number of nitrogen functional groups attached to an aromatic ring is 1. The summed E-state index contributed by atoms with van der Waals surface area (Å²) in [5.41, 5.74) is 13.3. The number of aryl methyl sites for hydroxylation is 2. The highest BCUT2D eigenvalue weighted by molar-refractivity contribution is 6.08. The van der Waals surface area contributed by atoms with Crippen molar-refractivity contribution in [2.75, 3.05) is 5.73 Å². The van der Waals surface area contributed by atoms with Crippen LogP contribution in [0.3, 0.4) is 0 Å². The molecular formula is C27H29N3. The fourth-order valence-corrected chi connectivity index (χ4v) is 4.37. The molecule has 2 heterocycles. The normalized spacial score (nSPS) is 15.0. The molecule has 4 aromatic rings. The molecule has 3 heteroatoms. The molecule has 2 aromatic heterocycles. The molecule has 152 valence electrons. The lowest BCUT2D eigenvalue weighted by molar-refractivity contribution is 0.727. The lowest BCUT2D eigenvalue weighted by Crippen LogP contribution is -2.02. The summed E-state index contributed by atoms with van der Waals surface area (Å²) in [7, 11) is 0. The first-order valence-corrected chi connectivity index (χ1v) is 11.1. The molecule has 3 nitrogen and oxygen atoms in total. The first-order valence-electron chi connectivity index (χ1n) is 11.1. The number of nitrogens with two attached hydrogens (primary N) is 1. The Morgan fingerprint density at radius 3 is 2.53 bits per heavy atom. The van der Waals surface area contributed by atoms with Gasteiger partial charge in [0.25, 0.3) is 0 Å². The van der Waals surface area contributed by atoms with Crippen LogP contribution in [0.25, 0.3) is 21.8 Å². The highest BCUT2D eigenvalue weighted by Gasteiger charge is 2.20. The molecule has 0 aliphatic heterocycles. The van der Waals surface area contributed by atoms with Gasteiger partial charge < -0.3 is 5.73 Å². The Bertz CT molecular complexity index is 1210. The molecule has 1 aliphatic carbocycles. The summed E-state index contributed by atoms with van der Waals surface area (Å²) in [5.74, 6) is 1.85. The van der Waals surface area contributed by atoms with Gasteiger partial charge in [-0.2, -0.15) is 0 Å². The highest BCUT2D eigenvalue weighted by atomic mass is 14.9. The summed E-state index contributed by atoms with van der Waals surface area (Å²) in [6.45, 7) is 4.40. The summed E-state index contributed by atoms with van der Waals surface area (Å²) in [6, 6.07) is 17.8. The Labute approximate surface area is 178 Å². The number of anilines is 1. The number of nitrogens with zero attached hydrogens (tertiary/aromatic N) is 2. The van der Waals surface area contributed by atoms with E-state index in [1.807, 2.05) is 6.20 Å². The number of aromatic nitrogens is 2. The van der Waals surface area contributed by atoms with Crippen molar-refractivity contribution in [1.29, 1.82) is 0 Å². The molecule has 0 saturated heterocycles. The molecule has 30 heavy (non-hydrogen) atoms. The monoisotopic (exact) mass is 395 g/mol. The van der Waals surface area contributed by atoms with Crippen molar-refractivity contribution >= 4 is 27.6 Å². The minimum absolute atomic E-state index is 0.381. The van der Waals surface area contributed by atoms with E-state index < -0.39 is 0 Å². The van der Waals surface area contributed by atoms with E-state index in [1.165, 1.54) is 41.5 Å². The maximum Gasteiger partial charge on any atom is 0.150 e. The van der Waals surface area contributed by atoms with Gasteiger partial charge in [-0.05, 0) is 66.8 Å². The third-order valence-electron chi connectivity index (χ3n) is 6.51. The number of hydrogen-bond donors (Lipinski definition) is 1. The predicted molar refractivity (Wildman–Crippen MR) is 126 cm³/mol. The maximum absolute atomic E-state index is 6.29. The summed E-state index contributed by atoms with van der Waals surface area (Å²) in [4.78, 5) is 9.38. The van der Waals surface area contributed by atoms with Crippen LogP contribution in [0.1, 0.15) is 54.4 Å². The number of pyridine rings is 2. The van der Waals surface area contributed by atoms with Gasteiger partial charge in [0, 0.05) is 17.0 Å². The van der Waals surface area contributed by atoms with Crippen molar-refractivity contribution in [3.63, 3.8) is 0 Å². The van der Waals surface area contributed by atoms with Crippen molar-refractivity contribution in [2.45, 2.75) is 51.9 Å². The van der Waals surface area contributed by atoms with Gasteiger partial charge in [0.1, 0.15) is 5.52 Å². The van der Waals surface area contributed by atoms with Crippen LogP contribution in [-0.2, 0) is 12.8 Å². The molecule has 0 amide bonds. The molecule has 1 fully saturated rings. The first-order chi connectivity index (χ1) is 14.6. The van der Waals surface area contributed by atoms with E-state index in [9.17, 15) is 0 Å². The zero-order valence-electron chi connectivity index (χ0n) is 17.9. The lowest BCUT2D eigenvalue weighted by atomic mass is 9.93. The average Bonchev–Trinajstić information content (AvgIpc) is 3.58. The molecular weight excluding hydrogens is 366 g/mol. The van der Waals surface area contributed by atoms with Crippen molar-refractivity contribution in [3.05, 3.63) is 77.0 Å². The molecule has 1 aliphatic rings. The van der Waals surface area contributed by atoms with Crippen molar-refractivity contribution in [3.8, 4) is 0 Å². The minimum atomic E-state index is 0.381. The molecule has 0 radical (unpaired) electrons. The Balaban J connectivity index is 1.49. The van der Waals surface area contributed by atoms with Gasteiger partial charge in [0.2, 0.25) is 0 Å². The quantitative estimate of drug-likeness (QED) is 0.386. The summed E-state index contributed by atoms with van der Waals surface area (Å²) in [5, 5.41) is 2.26. The van der Waals surface area contributed by atoms with Gasteiger partial charge in [0.15, 0.2) is 5.82 Å². The number of hydrogen-bond acceptors (Lipinski definition) is 3. The van der Waals surface area contributed by atoms with Gasteiger partial charge in [-0.25, -0.2) is 4.98 Å². The van der Waals surface area contributed by atoms with Crippen LogP contribution in [-0.4, -0.2) is 9.97 Å². The summed E-state index contributed by atoms with van der Waals surface area (Å²) in [6.07, 6.45) is 8.19. The summed E-state index contributed by atoms with van der Waals surface area (Å²) >= 11 is 0. The third kappa shape index (κ3) is 3.89. The summed E-state index contributed by atoms with van der Waals surface area (Å²) < 4.78 is 0. The Kier molecular flexibility index (Phi) is 4.90. The van der Waals surface area contributed by atoms with Crippen LogP contribution in [0.15, 0.2) is 54.7 Å². The zero-order chi connectivity index (χ0) is 20.7. The smallest absolute Gasteiger partial charge is 0.150 e. The molecule has 0 bridgehead atoms. The van der Waals surface area contributed by atoms with Crippen molar-refractivity contribution in [2.24, 2.45) is 5.92 Å². The number of rotatable bonds is 6. The number of benzene rings is 2. The van der Waals surface area contributed by atoms with Crippen LogP contribution in [0.4, 0.5) is 5.82 Å². The van der Waals surface area contributed by atoms with Gasteiger partial charge in [-0.1, -0.05) is 61.7 Å². The minimum Gasteiger partial charge on any atom is -0.382 e. The van der Waals surface area contributed by atoms with Crippen molar-refractivity contribution in [1.82, 2.24) is 9.97 Å². The van der Waals surface area contributed by atoms with Crippen LogP contribution >= 0.6 is 0 Å². The second kappa shape index (κ2) is 7.71. The van der Waals surface area contributed by atoms with Gasteiger partial charge in [-0.15, -0.1) is 0 Å². The van der Waals surface area contributed by atoms with E-state index in [0.29, 0.717) is 11.7 Å². The van der Waals surface area contributed by atoms with E-state index in [0.717, 1.165) is 40.6 Å². The Hall–Kier alpha value is -2.94. The predicted octanol–water partition coefficient (Wildman–Crippen LogP) is 6.36. The van der Waals surface area contributed by atoms with E-state index in [2.05, 4.69) is 67.4 Å². The standard InChI is InChI=1S/C27H29N3/c1-17-3-5-20(6-4-17)13-18(2)22-15-24-23-12-11-21(10-9-19-7-8-19)14-25(23)30-27(28)26(24)29-16-22/h3-6,11-12,14-16,18-19H,7-10,13H2,1-2H3,(H2,28,30). The van der Waals surface area contributed by atoms with E-state index in [-0.39, 0.29) is 0 Å². The van der Waals surface area contributed by atoms with E-state index in [4.69, 9.17) is 10.7 Å². The molecule has 5 rings (SSSR count). The molecule has 1 atom stereocenters. The zero-order valence-corrected chi connectivity index (χ0v) is 17.9. The van der Waals surface area contributed by atoms with Crippen molar-refractivity contribution < 1.29 is 0 Å². The SMILES string of the molecule is Cc1ccc(CC(C)c2cnc3c(N)nc4cc(CCC5CC5)ccc4c3c2)cc1. The van der Waals surface area contributed by atoms with Crippen LogP contribution < -0.4 is 5.73 Å². The fourth-order valence-electron chi connectivity index (χ4n) is 4.37. The highest BCUT2D eigenvalue weighted by Crippen LogP contribution is 2.34. The van der Waals surface area contributed by atoms with Gasteiger partial charge in [0.05, 0.1) is 5.52 Å². The topological polar surface area (TPSA) is 51.8 Å². The molecule has 2 aromatic carbocycles. The van der Waals surface area contributed by atoms with Gasteiger partial charge in [-0.3, -0.25) is 4.98 Å². The Morgan fingerprint density at radius 2 is 1.77 bits per heavy atom. The largest absolute Gasteiger partial charge is 0.382 e.